The number of nitrogens with one attached hydrogen (secondary N) is 1. The van der Waals surface area contributed by atoms with Crippen LogP contribution < -0.4 is 0 Å². The Hall–Kier alpha value is -2.17. The van der Waals surface area contributed by atoms with Crippen LogP contribution in [0, 0.1) is 13.8 Å². The highest BCUT2D eigenvalue weighted by Crippen LogP contribution is 2.25. The predicted molar refractivity (Wildman–Crippen MR) is 65.6 cm³/mol. The molecule has 0 saturated carbocycles. The predicted octanol–water partition coefficient (Wildman–Crippen LogP) is 1.98. The molecular weight excluding hydrogens is 214 g/mol. The molecule has 0 aliphatic rings. The number of hydrogen-bond donors (Lipinski definition) is 1. The number of rotatable bonds is 1. The maximum absolute atomic E-state index is 4.57. The second kappa shape index (κ2) is 3.41. The van der Waals surface area contributed by atoms with Gasteiger partial charge in [0.15, 0.2) is 0 Å². The molecule has 0 unspecified atom stereocenters. The molecule has 0 bridgehead atoms. The molecule has 0 aliphatic carbocycles. The minimum absolute atomic E-state index is 0.858. The molecule has 3 aromatic heterocycles. The average molecular weight is 227 g/mol. The van der Waals surface area contributed by atoms with E-state index in [0.29, 0.717) is 0 Å². The molecule has 17 heavy (non-hydrogen) atoms. The molecule has 5 nitrogen and oxygen atoms in total. The molecule has 3 rings (SSSR count). The van der Waals surface area contributed by atoms with E-state index in [-0.39, 0.29) is 0 Å². The van der Waals surface area contributed by atoms with E-state index in [1.54, 1.807) is 12.4 Å². The van der Waals surface area contributed by atoms with E-state index in [0.717, 1.165) is 33.8 Å². The molecule has 3 aromatic rings. The van der Waals surface area contributed by atoms with E-state index in [9.17, 15) is 0 Å². The lowest BCUT2D eigenvalue weighted by molar-refractivity contribution is 0.731. The Balaban J connectivity index is 2.27. The van der Waals surface area contributed by atoms with E-state index >= 15 is 0 Å². The van der Waals surface area contributed by atoms with Crippen molar-refractivity contribution in [2.75, 3.05) is 0 Å². The highest BCUT2D eigenvalue weighted by molar-refractivity contribution is 5.79. The van der Waals surface area contributed by atoms with Crippen molar-refractivity contribution >= 4 is 11.0 Å². The zero-order valence-electron chi connectivity index (χ0n) is 10.0. The third kappa shape index (κ3) is 1.43. The van der Waals surface area contributed by atoms with Crippen LogP contribution >= 0.6 is 0 Å². The van der Waals surface area contributed by atoms with Gasteiger partial charge in [0.1, 0.15) is 5.82 Å². The van der Waals surface area contributed by atoms with Gasteiger partial charge in [0.05, 0.1) is 28.5 Å². The van der Waals surface area contributed by atoms with Crippen LogP contribution in [0.25, 0.3) is 22.4 Å². The number of aromatic nitrogens is 5. The summed E-state index contributed by atoms with van der Waals surface area (Å²) in [5.74, 6) is 0.858. The molecule has 0 atom stereocenters. The van der Waals surface area contributed by atoms with E-state index in [1.807, 2.05) is 31.6 Å². The van der Waals surface area contributed by atoms with Crippen LogP contribution in [0.1, 0.15) is 11.4 Å². The Morgan fingerprint density at radius 2 is 2.12 bits per heavy atom. The van der Waals surface area contributed by atoms with Crippen LogP contribution in [-0.2, 0) is 7.05 Å². The van der Waals surface area contributed by atoms with E-state index in [1.165, 1.54) is 0 Å². The number of aromatic amines is 1. The van der Waals surface area contributed by atoms with Gasteiger partial charge in [0, 0.05) is 18.9 Å². The van der Waals surface area contributed by atoms with Gasteiger partial charge in [0.25, 0.3) is 0 Å². The molecule has 5 heteroatoms. The Morgan fingerprint density at radius 3 is 2.76 bits per heavy atom. The van der Waals surface area contributed by atoms with Gasteiger partial charge in [-0.05, 0) is 19.9 Å². The van der Waals surface area contributed by atoms with Crippen molar-refractivity contribution in [1.29, 1.82) is 0 Å². The van der Waals surface area contributed by atoms with Gasteiger partial charge in [0.2, 0.25) is 0 Å². The van der Waals surface area contributed by atoms with E-state index in [2.05, 4.69) is 20.1 Å². The number of hydrogen-bond acceptors (Lipinski definition) is 3. The molecule has 0 amide bonds. The van der Waals surface area contributed by atoms with Crippen molar-refractivity contribution in [2.45, 2.75) is 13.8 Å². The summed E-state index contributed by atoms with van der Waals surface area (Å²) in [6.07, 6.45) is 3.53. The lowest BCUT2D eigenvalue weighted by Crippen LogP contribution is -1.92. The van der Waals surface area contributed by atoms with Crippen molar-refractivity contribution < 1.29 is 0 Å². The molecule has 1 N–H and O–H groups in total. The van der Waals surface area contributed by atoms with E-state index < -0.39 is 0 Å². The molecule has 86 valence electrons. The highest BCUT2D eigenvalue weighted by Gasteiger charge is 2.14. The van der Waals surface area contributed by atoms with Crippen LogP contribution in [0.5, 0.6) is 0 Å². The summed E-state index contributed by atoms with van der Waals surface area (Å²) >= 11 is 0. The summed E-state index contributed by atoms with van der Waals surface area (Å²) in [5.41, 5.74) is 5.04. The third-order valence-corrected chi connectivity index (χ3v) is 3.03. The molecule has 0 aromatic carbocycles. The zero-order valence-corrected chi connectivity index (χ0v) is 10.0. The largest absolute Gasteiger partial charge is 0.337 e. The van der Waals surface area contributed by atoms with Gasteiger partial charge in [-0.25, -0.2) is 4.98 Å². The Kier molecular flexibility index (Phi) is 2.01. The number of aryl methyl sites for hydroxylation is 2. The van der Waals surface area contributed by atoms with Gasteiger partial charge in [-0.1, -0.05) is 0 Å². The Labute approximate surface area is 98.5 Å². The first-order valence-electron chi connectivity index (χ1n) is 5.47. The fourth-order valence-corrected chi connectivity index (χ4v) is 2.09. The Bertz CT molecular complexity index is 659. The van der Waals surface area contributed by atoms with Crippen LogP contribution in [0.3, 0.4) is 0 Å². The first-order chi connectivity index (χ1) is 8.16. The highest BCUT2D eigenvalue weighted by atomic mass is 15.3. The molecule has 0 radical (unpaired) electrons. The van der Waals surface area contributed by atoms with Crippen molar-refractivity contribution in [1.82, 2.24) is 24.7 Å². The summed E-state index contributed by atoms with van der Waals surface area (Å²) < 4.78 is 1.87. The molecule has 0 spiro atoms. The quantitative estimate of drug-likeness (QED) is 0.691. The number of imidazole rings is 1. The maximum Gasteiger partial charge on any atom is 0.142 e. The normalized spacial score (nSPS) is 11.2. The lowest BCUT2D eigenvalue weighted by atomic mass is 10.2. The van der Waals surface area contributed by atoms with Gasteiger partial charge < -0.3 is 4.98 Å². The molecule has 3 heterocycles. The number of H-pyrrole nitrogens is 1. The second-order valence-electron chi connectivity index (χ2n) is 4.15. The molecule has 0 aliphatic heterocycles. The minimum Gasteiger partial charge on any atom is -0.337 e. The van der Waals surface area contributed by atoms with Crippen LogP contribution in [-0.4, -0.2) is 24.7 Å². The third-order valence-electron chi connectivity index (χ3n) is 3.03. The summed E-state index contributed by atoms with van der Waals surface area (Å²) in [7, 11) is 1.94. The summed E-state index contributed by atoms with van der Waals surface area (Å²) in [5, 5.41) is 4.40. The van der Waals surface area contributed by atoms with Gasteiger partial charge >= 0.3 is 0 Å². The number of nitrogens with zero attached hydrogens (tertiary/aromatic N) is 4. The van der Waals surface area contributed by atoms with Crippen LogP contribution in [0.2, 0.25) is 0 Å². The van der Waals surface area contributed by atoms with Crippen molar-refractivity contribution in [2.24, 2.45) is 7.05 Å². The molecular formula is C12H13N5. The molecule has 0 fully saturated rings. The second-order valence-corrected chi connectivity index (χ2v) is 4.15. The topological polar surface area (TPSA) is 59.4 Å². The average Bonchev–Trinajstić information content (AvgIpc) is 2.81. The number of fused-ring (bicyclic) bond motifs is 1. The smallest absolute Gasteiger partial charge is 0.142 e. The van der Waals surface area contributed by atoms with Gasteiger partial charge in [-0.2, -0.15) is 5.10 Å². The van der Waals surface area contributed by atoms with Crippen molar-refractivity contribution in [3.63, 3.8) is 0 Å². The van der Waals surface area contributed by atoms with E-state index in [4.69, 9.17) is 0 Å². The Morgan fingerprint density at radius 1 is 1.29 bits per heavy atom. The van der Waals surface area contributed by atoms with Gasteiger partial charge in [-0.3, -0.25) is 9.67 Å². The maximum atomic E-state index is 4.57. The first-order valence-corrected chi connectivity index (χ1v) is 5.47. The minimum atomic E-state index is 0.858. The van der Waals surface area contributed by atoms with Crippen molar-refractivity contribution in [3.8, 4) is 11.4 Å². The lowest BCUT2D eigenvalue weighted by Gasteiger charge is -1.96. The van der Waals surface area contributed by atoms with Gasteiger partial charge in [-0.15, -0.1) is 0 Å². The van der Waals surface area contributed by atoms with Crippen LogP contribution in [0.4, 0.5) is 0 Å². The SMILES string of the molecule is Cc1nn(C)c(C)c1-c1nc2ccncc2[nH]1. The zero-order chi connectivity index (χ0) is 12.0. The van der Waals surface area contributed by atoms with Crippen LogP contribution in [0.15, 0.2) is 18.5 Å². The standard InChI is InChI=1S/C12H13N5/c1-7-11(8(2)17(3)16-7)12-14-9-4-5-13-6-10(9)15-12/h4-6H,1-3H3,(H,14,15). The monoisotopic (exact) mass is 227 g/mol. The van der Waals surface area contributed by atoms with Crippen molar-refractivity contribution in [3.05, 3.63) is 29.8 Å². The fourth-order valence-electron chi connectivity index (χ4n) is 2.09. The summed E-state index contributed by atoms with van der Waals surface area (Å²) in [6.45, 7) is 4.04. The molecule has 0 saturated heterocycles. The first kappa shape index (κ1) is 10.0. The summed E-state index contributed by atoms with van der Waals surface area (Å²) in [4.78, 5) is 11.9. The summed E-state index contributed by atoms with van der Waals surface area (Å²) in [6, 6.07) is 1.90. The number of pyridine rings is 1. The fraction of sp³-hybridized carbons (Fsp3) is 0.250.